The number of carbonyl (C=O) groups excluding carboxylic acids is 1. The Kier molecular flexibility index (Phi) is 7.08. The van der Waals surface area contributed by atoms with Gasteiger partial charge in [-0.25, -0.2) is 4.98 Å². The van der Waals surface area contributed by atoms with Crippen LogP contribution in [0.3, 0.4) is 0 Å². The second kappa shape index (κ2) is 9.94. The highest BCUT2D eigenvalue weighted by atomic mass is 19.4. The van der Waals surface area contributed by atoms with Gasteiger partial charge in [-0.3, -0.25) is 9.78 Å². The average molecular weight is 447 g/mol. The molecule has 0 aliphatic carbocycles. The molecule has 0 unspecified atom stereocenters. The molecule has 0 spiro atoms. The summed E-state index contributed by atoms with van der Waals surface area (Å²) in [5.74, 6) is 0.316. The van der Waals surface area contributed by atoms with Crippen molar-refractivity contribution in [1.29, 1.82) is 0 Å². The van der Waals surface area contributed by atoms with Crippen molar-refractivity contribution in [2.75, 3.05) is 37.5 Å². The largest absolute Gasteiger partial charge is 0.497 e. The number of anilines is 2. The summed E-state index contributed by atoms with van der Waals surface area (Å²) in [7, 11) is 3.15. The number of aromatic nitrogens is 3. The van der Waals surface area contributed by atoms with Gasteiger partial charge in [0.2, 0.25) is 11.8 Å². The molecule has 3 aromatic rings. The number of hydrogen-bond acceptors (Lipinski definition) is 7. The molecule has 0 fully saturated rings. The third-order valence-electron chi connectivity index (χ3n) is 4.26. The van der Waals surface area contributed by atoms with Gasteiger partial charge in [0.15, 0.2) is 12.4 Å². The van der Waals surface area contributed by atoms with Crippen LogP contribution in [-0.2, 0) is 4.79 Å². The van der Waals surface area contributed by atoms with Crippen LogP contribution in [0.25, 0.3) is 11.4 Å². The highest BCUT2D eigenvalue weighted by molar-refractivity contribution is 5.95. The standard InChI is InChI=1S/C21H20F3N5O3/c1-29(15-5-7-16(31-2)8-6-15)19(30)12-26-17-10-18(32-13-21(22,23)24)28-20(27-17)14-4-3-9-25-11-14/h3-11H,12-13H2,1-2H3,(H,26,27,28). The fourth-order valence-electron chi connectivity index (χ4n) is 2.60. The maximum Gasteiger partial charge on any atom is 0.422 e. The van der Waals surface area contributed by atoms with Gasteiger partial charge in [-0.1, -0.05) is 0 Å². The number of nitrogens with one attached hydrogen (secondary N) is 1. The van der Waals surface area contributed by atoms with E-state index in [1.165, 1.54) is 17.2 Å². The van der Waals surface area contributed by atoms with Crippen LogP contribution < -0.4 is 19.7 Å². The molecule has 0 aliphatic heterocycles. The quantitative estimate of drug-likeness (QED) is 0.565. The highest BCUT2D eigenvalue weighted by Crippen LogP contribution is 2.23. The number of alkyl halides is 3. The maximum absolute atomic E-state index is 12.6. The van der Waals surface area contributed by atoms with E-state index in [-0.39, 0.29) is 30.0 Å². The lowest BCUT2D eigenvalue weighted by atomic mass is 10.2. The van der Waals surface area contributed by atoms with Gasteiger partial charge in [-0.2, -0.15) is 18.2 Å². The number of pyridine rings is 1. The SMILES string of the molecule is COc1ccc(N(C)C(=O)CNc2cc(OCC(F)(F)F)nc(-c3cccnc3)n2)cc1. The van der Waals surface area contributed by atoms with Crippen LogP contribution in [0.15, 0.2) is 54.9 Å². The lowest BCUT2D eigenvalue weighted by molar-refractivity contribution is -0.154. The second-order valence-electron chi connectivity index (χ2n) is 6.56. The molecule has 0 bridgehead atoms. The average Bonchev–Trinajstić information content (AvgIpc) is 2.81. The van der Waals surface area contributed by atoms with Crippen molar-refractivity contribution in [3.8, 4) is 23.0 Å². The Balaban J connectivity index is 1.75. The monoisotopic (exact) mass is 447 g/mol. The topological polar surface area (TPSA) is 89.5 Å². The summed E-state index contributed by atoms with van der Waals surface area (Å²) >= 11 is 0. The predicted octanol–water partition coefficient (Wildman–Crippen LogP) is 3.56. The summed E-state index contributed by atoms with van der Waals surface area (Å²) in [5, 5.41) is 2.82. The van der Waals surface area contributed by atoms with Crippen LogP contribution >= 0.6 is 0 Å². The molecule has 0 saturated carbocycles. The van der Waals surface area contributed by atoms with Crippen molar-refractivity contribution >= 4 is 17.4 Å². The van der Waals surface area contributed by atoms with Crippen molar-refractivity contribution in [2.24, 2.45) is 0 Å². The first-order valence-corrected chi connectivity index (χ1v) is 9.38. The first-order valence-electron chi connectivity index (χ1n) is 9.38. The van der Waals surface area contributed by atoms with E-state index in [4.69, 9.17) is 9.47 Å². The Labute approximate surface area is 182 Å². The fraction of sp³-hybridized carbons (Fsp3) is 0.238. The summed E-state index contributed by atoms with van der Waals surface area (Å²) < 4.78 is 47.6. The van der Waals surface area contributed by atoms with Crippen LogP contribution in [0, 0.1) is 0 Å². The van der Waals surface area contributed by atoms with E-state index in [9.17, 15) is 18.0 Å². The van der Waals surface area contributed by atoms with Gasteiger partial charge in [0, 0.05) is 36.8 Å². The van der Waals surface area contributed by atoms with Crippen LogP contribution in [-0.4, -0.2) is 54.3 Å². The van der Waals surface area contributed by atoms with E-state index in [1.54, 1.807) is 56.8 Å². The van der Waals surface area contributed by atoms with Gasteiger partial charge in [0.1, 0.15) is 11.6 Å². The van der Waals surface area contributed by atoms with Crippen LogP contribution in [0.5, 0.6) is 11.6 Å². The van der Waals surface area contributed by atoms with Gasteiger partial charge in [-0.05, 0) is 36.4 Å². The number of hydrogen-bond donors (Lipinski definition) is 1. The minimum absolute atomic E-state index is 0.108. The fourth-order valence-corrected chi connectivity index (χ4v) is 2.60. The molecule has 3 rings (SSSR count). The molecule has 0 atom stereocenters. The molecule has 0 radical (unpaired) electrons. The zero-order chi connectivity index (χ0) is 23.1. The van der Waals surface area contributed by atoms with Gasteiger partial charge < -0.3 is 19.7 Å². The Morgan fingerprint density at radius 1 is 1.16 bits per heavy atom. The Hall–Kier alpha value is -3.89. The minimum Gasteiger partial charge on any atom is -0.497 e. The number of benzene rings is 1. The number of ether oxygens (including phenoxy) is 2. The summed E-state index contributed by atoms with van der Waals surface area (Å²) in [6, 6.07) is 11.4. The number of methoxy groups -OCH3 is 1. The molecule has 0 saturated heterocycles. The molecule has 1 N–H and O–H groups in total. The molecule has 1 aromatic carbocycles. The number of halogens is 3. The van der Waals surface area contributed by atoms with Gasteiger partial charge in [-0.15, -0.1) is 0 Å². The normalized spacial score (nSPS) is 11.0. The molecular weight excluding hydrogens is 427 g/mol. The number of nitrogens with zero attached hydrogens (tertiary/aromatic N) is 4. The lowest BCUT2D eigenvalue weighted by Gasteiger charge is -2.18. The first kappa shape index (κ1) is 22.8. The Morgan fingerprint density at radius 3 is 2.53 bits per heavy atom. The van der Waals surface area contributed by atoms with Crippen molar-refractivity contribution < 1.29 is 27.4 Å². The number of amides is 1. The second-order valence-corrected chi connectivity index (χ2v) is 6.56. The Morgan fingerprint density at radius 2 is 1.91 bits per heavy atom. The summed E-state index contributed by atoms with van der Waals surface area (Å²) in [6.07, 6.45) is -1.51. The molecule has 8 nitrogen and oxygen atoms in total. The maximum atomic E-state index is 12.6. The van der Waals surface area contributed by atoms with E-state index in [2.05, 4.69) is 20.3 Å². The molecule has 0 aliphatic rings. The zero-order valence-electron chi connectivity index (χ0n) is 17.3. The summed E-state index contributed by atoms with van der Waals surface area (Å²) in [4.78, 5) is 26.2. The first-order chi connectivity index (χ1) is 15.2. The molecule has 1 amide bonds. The molecule has 11 heteroatoms. The third-order valence-corrected chi connectivity index (χ3v) is 4.26. The Bertz CT molecular complexity index is 1050. The number of carbonyl (C=O) groups is 1. The van der Waals surface area contributed by atoms with E-state index >= 15 is 0 Å². The van der Waals surface area contributed by atoms with E-state index in [0.29, 0.717) is 17.0 Å². The van der Waals surface area contributed by atoms with E-state index in [1.807, 2.05) is 0 Å². The van der Waals surface area contributed by atoms with Crippen molar-refractivity contribution in [1.82, 2.24) is 15.0 Å². The number of rotatable bonds is 8. The molecule has 2 heterocycles. The number of likely N-dealkylation sites (N-methyl/N-ethyl adjacent to an activating group) is 1. The molecule has 168 valence electrons. The van der Waals surface area contributed by atoms with E-state index in [0.717, 1.165) is 0 Å². The minimum atomic E-state index is -4.52. The van der Waals surface area contributed by atoms with Crippen molar-refractivity contribution in [3.63, 3.8) is 0 Å². The van der Waals surface area contributed by atoms with E-state index < -0.39 is 12.8 Å². The highest BCUT2D eigenvalue weighted by Gasteiger charge is 2.29. The summed E-state index contributed by atoms with van der Waals surface area (Å²) in [6.45, 7) is -1.67. The predicted molar refractivity (Wildman–Crippen MR) is 112 cm³/mol. The van der Waals surface area contributed by atoms with Crippen LogP contribution in [0.1, 0.15) is 0 Å². The van der Waals surface area contributed by atoms with Gasteiger partial charge in [0.05, 0.1) is 13.7 Å². The van der Waals surface area contributed by atoms with Crippen molar-refractivity contribution in [3.05, 3.63) is 54.9 Å². The lowest BCUT2D eigenvalue weighted by Crippen LogP contribution is -2.32. The summed E-state index contributed by atoms with van der Waals surface area (Å²) in [5.41, 5.74) is 1.13. The van der Waals surface area contributed by atoms with Gasteiger partial charge >= 0.3 is 6.18 Å². The molecular formula is C21H20F3N5O3. The van der Waals surface area contributed by atoms with Crippen molar-refractivity contribution in [2.45, 2.75) is 6.18 Å². The zero-order valence-corrected chi connectivity index (χ0v) is 17.3. The molecule has 2 aromatic heterocycles. The van der Waals surface area contributed by atoms with Gasteiger partial charge in [0.25, 0.3) is 0 Å². The molecule has 32 heavy (non-hydrogen) atoms. The van der Waals surface area contributed by atoms with Crippen LogP contribution in [0.2, 0.25) is 0 Å². The smallest absolute Gasteiger partial charge is 0.422 e. The third kappa shape index (κ3) is 6.30. The van der Waals surface area contributed by atoms with Crippen LogP contribution in [0.4, 0.5) is 24.7 Å².